The molecule has 3 heterocycles. The minimum absolute atomic E-state index is 0. The number of fused-ring (bicyclic) bond motifs is 1. The van der Waals surface area contributed by atoms with Crippen LogP contribution >= 0.6 is 35.3 Å². The van der Waals surface area contributed by atoms with E-state index in [0.717, 1.165) is 44.5 Å². The van der Waals surface area contributed by atoms with Crippen LogP contribution < -0.4 is 5.32 Å². The monoisotopic (exact) mass is 539 g/mol. The van der Waals surface area contributed by atoms with Gasteiger partial charge < -0.3 is 10.2 Å². The molecular weight excluding hydrogens is 505 g/mol. The number of aryl methyl sites for hydroxylation is 1. The number of rotatable bonds is 5. The summed E-state index contributed by atoms with van der Waals surface area (Å²) in [6.45, 7) is 7.53. The van der Waals surface area contributed by atoms with Crippen LogP contribution in [-0.4, -0.2) is 60.0 Å². The van der Waals surface area contributed by atoms with E-state index in [2.05, 4.69) is 62.3 Å². The zero-order valence-electron chi connectivity index (χ0n) is 18.1. The number of hydrogen-bond acceptors (Lipinski definition) is 4. The van der Waals surface area contributed by atoms with Gasteiger partial charge in [0.15, 0.2) is 5.96 Å². The topological polar surface area (TPSA) is 43.8 Å². The maximum absolute atomic E-state index is 4.57. The van der Waals surface area contributed by atoms with Crippen molar-refractivity contribution in [2.45, 2.75) is 45.2 Å². The number of nitrogens with zero attached hydrogens (tertiary/aromatic N) is 4. The summed E-state index contributed by atoms with van der Waals surface area (Å²) in [5, 5.41) is 4.77. The van der Waals surface area contributed by atoms with Crippen LogP contribution in [0.2, 0.25) is 0 Å². The summed E-state index contributed by atoms with van der Waals surface area (Å²) in [6.07, 6.45) is 6.79. The zero-order chi connectivity index (χ0) is 20.1. The Morgan fingerprint density at radius 2 is 2.07 bits per heavy atom. The third-order valence-corrected chi connectivity index (χ3v) is 7.19. The number of aromatic nitrogens is 1. The second kappa shape index (κ2) is 11.4. The van der Waals surface area contributed by atoms with Crippen LogP contribution in [0.15, 0.2) is 41.5 Å². The molecule has 0 spiro atoms. The van der Waals surface area contributed by atoms with E-state index in [9.17, 15) is 0 Å². The molecule has 2 unspecified atom stereocenters. The smallest absolute Gasteiger partial charge is 0.193 e. The van der Waals surface area contributed by atoms with Crippen molar-refractivity contribution in [3.8, 4) is 0 Å². The lowest BCUT2D eigenvalue weighted by molar-refractivity contribution is 0.0373. The van der Waals surface area contributed by atoms with Gasteiger partial charge >= 0.3 is 0 Å². The first-order chi connectivity index (χ1) is 14.2. The molecule has 4 rings (SSSR count). The molecule has 2 atom stereocenters. The van der Waals surface area contributed by atoms with E-state index < -0.39 is 0 Å². The van der Waals surface area contributed by atoms with Crippen molar-refractivity contribution in [1.29, 1.82) is 0 Å². The highest BCUT2D eigenvalue weighted by atomic mass is 127. The van der Waals surface area contributed by atoms with Crippen LogP contribution in [0.1, 0.15) is 34.7 Å². The standard InChI is InChI=1S/C23H33N5S.HI/c1-18-15-26-22(29-18)10-12-25-23(24-2)28-14-11-21-20(17-28)9-6-13-27(21)16-19-7-4-3-5-8-19;/h3-5,7-8,15,20-21H,6,9-14,16-17H2,1-2H3,(H,24,25);1H. The fourth-order valence-corrected chi connectivity index (χ4v) is 5.63. The summed E-state index contributed by atoms with van der Waals surface area (Å²) >= 11 is 1.79. The third-order valence-electron chi connectivity index (χ3n) is 6.21. The van der Waals surface area contributed by atoms with Gasteiger partial charge in [0.25, 0.3) is 0 Å². The van der Waals surface area contributed by atoms with Gasteiger partial charge in [0.05, 0.1) is 5.01 Å². The van der Waals surface area contributed by atoms with E-state index in [1.807, 2.05) is 13.2 Å². The highest BCUT2D eigenvalue weighted by Gasteiger charge is 2.36. The normalized spacial score (nSPS) is 22.3. The molecule has 2 saturated heterocycles. The largest absolute Gasteiger partial charge is 0.356 e. The van der Waals surface area contributed by atoms with Crippen LogP contribution in [0.25, 0.3) is 0 Å². The van der Waals surface area contributed by atoms with E-state index >= 15 is 0 Å². The highest BCUT2D eigenvalue weighted by molar-refractivity contribution is 14.0. The Morgan fingerprint density at radius 3 is 2.80 bits per heavy atom. The maximum atomic E-state index is 4.57. The molecule has 7 heteroatoms. The van der Waals surface area contributed by atoms with Crippen LogP contribution in [0.5, 0.6) is 0 Å². The molecule has 0 bridgehead atoms. The molecule has 0 amide bonds. The van der Waals surface area contributed by atoms with Gasteiger partial charge in [-0.25, -0.2) is 4.98 Å². The molecule has 5 nitrogen and oxygen atoms in total. The Kier molecular flexibility index (Phi) is 8.95. The lowest BCUT2D eigenvalue weighted by Crippen LogP contribution is -2.56. The third kappa shape index (κ3) is 5.95. The van der Waals surface area contributed by atoms with Crippen molar-refractivity contribution in [3.05, 3.63) is 52.0 Å². The minimum Gasteiger partial charge on any atom is -0.356 e. The molecular formula is C23H34IN5S. The van der Waals surface area contributed by atoms with Crippen molar-refractivity contribution in [2.75, 3.05) is 33.2 Å². The fraction of sp³-hybridized carbons (Fsp3) is 0.565. The lowest BCUT2D eigenvalue weighted by atomic mass is 9.83. The van der Waals surface area contributed by atoms with E-state index in [-0.39, 0.29) is 24.0 Å². The number of benzene rings is 1. The SMILES string of the molecule is CN=C(NCCc1ncc(C)s1)N1CCC2C(CCCN2Cc2ccccc2)C1.I. The number of guanidine groups is 1. The molecule has 0 saturated carbocycles. The summed E-state index contributed by atoms with van der Waals surface area (Å²) in [5.41, 5.74) is 1.44. The van der Waals surface area contributed by atoms with Gasteiger partial charge in [0, 0.05) is 56.8 Å². The molecule has 2 fully saturated rings. The Labute approximate surface area is 202 Å². The predicted octanol–water partition coefficient (Wildman–Crippen LogP) is 4.17. The number of thiazole rings is 1. The number of hydrogen-bond donors (Lipinski definition) is 1. The summed E-state index contributed by atoms with van der Waals surface area (Å²) in [6, 6.07) is 11.6. The van der Waals surface area contributed by atoms with Gasteiger partial charge in [0.1, 0.15) is 0 Å². The van der Waals surface area contributed by atoms with Crippen molar-refractivity contribution in [1.82, 2.24) is 20.1 Å². The molecule has 2 aliphatic rings. The molecule has 1 aromatic carbocycles. The second-order valence-electron chi connectivity index (χ2n) is 8.25. The van der Waals surface area contributed by atoms with Crippen LogP contribution in [-0.2, 0) is 13.0 Å². The second-order valence-corrected chi connectivity index (χ2v) is 9.57. The van der Waals surface area contributed by atoms with Gasteiger partial charge in [-0.2, -0.15) is 0 Å². The number of aliphatic imine (C=N–C) groups is 1. The van der Waals surface area contributed by atoms with Crippen LogP contribution in [0.3, 0.4) is 0 Å². The van der Waals surface area contributed by atoms with Gasteiger partial charge in [-0.05, 0) is 44.2 Å². The van der Waals surface area contributed by atoms with E-state index in [4.69, 9.17) is 0 Å². The molecule has 0 radical (unpaired) electrons. The van der Waals surface area contributed by atoms with Crippen molar-refractivity contribution in [2.24, 2.45) is 10.9 Å². The predicted molar refractivity (Wildman–Crippen MR) is 137 cm³/mol. The summed E-state index contributed by atoms with van der Waals surface area (Å²) in [5.74, 6) is 1.79. The number of likely N-dealkylation sites (tertiary alicyclic amines) is 2. The van der Waals surface area contributed by atoms with Crippen LogP contribution in [0.4, 0.5) is 0 Å². The van der Waals surface area contributed by atoms with Gasteiger partial charge in [0.2, 0.25) is 0 Å². The van der Waals surface area contributed by atoms with E-state index in [0.29, 0.717) is 6.04 Å². The van der Waals surface area contributed by atoms with Crippen molar-refractivity contribution < 1.29 is 0 Å². The Bertz CT molecular complexity index is 809. The summed E-state index contributed by atoms with van der Waals surface area (Å²) < 4.78 is 0. The molecule has 30 heavy (non-hydrogen) atoms. The molecule has 2 aliphatic heterocycles. The highest BCUT2D eigenvalue weighted by Crippen LogP contribution is 2.31. The van der Waals surface area contributed by atoms with Gasteiger partial charge in [-0.3, -0.25) is 9.89 Å². The van der Waals surface area contributed by atoms with Crippen LogP contribution in [0, 0.1) is 12.8 Å². The lowest BCUT2D eigenvalue weighted by Gasteiger charge is -2.48. The van der Waals surface area contributed by atoms with E-state index in [1.54, 1.807) is 11.3 Å². The maximum Gasteiger partial charge on any atom is 0.193 e. The summed E-state index contributed by atoms with van der Waals surface area (Å²) in [4.78, 5) is 15.5. The quantitative estimate of drug-likeness (QED) is 0.352. The summed E-state index contributed by atoms with van der Waals surface area (Å²) in [7, 11) is 1.91. The molecule has 164 valence electrons. The Balaban J connectivity index is 0.00000256. The average Bonchev–Trinajstić information content (AvgIpc) is 3.17. The number of piperidine rings is 2. The van der Waals surface area contributed by atoms with Crippen molar-refractivity contribution in [3.63, 3.8) is 0 Å². The first-order valence-electron chi connectivity index (χ1n) is 10.9. The Morgan fingerprint density at radius 1 is 1.23 bits per heavy atom. The fourth-order valence-electron chi connectivity index (χ4n) is 4.84. The first-order valence-corrected chi connectivity index (χ1v) is 11.7. The van der Waals surface area contributed by atoms with Crippen molar-refractivity contribution >= 4 is 41.3 Å². The van der Waals surface area contributed by atoms with Gasteiger partial charge in [-0.15, -0.1) is 35.3 Å². The molecule has 2 aromatic rings. The molecule has 1 N–H and O–H groups in total. The number of halogens is 1. The zero-order valence-corrected chi connectivity index (χ0v) is 21.2. The van der Waals surface area contributed by atoms with E-state index in [1.165, 1.54) is 41.3 Å². The average molecular weight is 540 g/mol. The Hall–Kier alpha value is -1.19. The minimum atomic E-state index is 0. The molecule has 1 aromatic heterocycles. The van der Waals surface area contributed by atoms with Gasteiger partial charge in [-0.1, -0.05) is 30.3 Å². The first kappa shape index (κ1) is 23.5. The molecule has 0 aliphatic carbocycles. The number of nitrogens with one attached hydrogen (secondary N) is 1.